The van der Waals surface area contributed by atoms with E-state index in [2.05, 4.69) is 30.6 Å². The summed E-state index contributed by atoms with van der Waals surface area (Å²) in [7, 11) is 1.88. The SMILES string of the molecule is Cc1nn(C)cc1[C@@H](C)NC(=O)N[C@H]1CCCN(c2ncccn2)C1. The second-order valence-electron chi connectivity index (χ2n) is 6.52. The number of aryl methyl sites for hydroxylation is 2. The number of amides is 2. The normalized spacial score (nSPS) is 18.7. The maximum Gasteiger partial charge on any atom is 0.315 e. The van der Waals surface area contributed by atoms with Crippen molar-refractivity contribution in [1.82, 2.24) is 30.4 Å². The molecular weight excluding hydrogens is 318 g/mol. The Kier molecular flexibility index (Phi) is 5.16. The highest BCUT2D eigenvalue weighted by molar-refractivity contribution is 5.74. The number of carbonyl (C=O) groups is 1. The van der Waals surface area contributed by atoms with Gasteiger partial charge in [-0.3, -0.25) is 4.68 Å². The molecular formula is C17H25N7O. The third kappa shape index (κ3) is 4.26. The van der Waals surface area contributed by atoms with Crippen molar-refractivity contribution in [3.63, 3.8) is 0 Å². The molecule has 0 aliphatic carbocycles. The molecule has 134 valence electrons. The van der Waals surface area contributed by atoms with Gasteiger partial charge < -0.3 is 15.5 Å². The molecule has 2 aromatic heterocycles. The lowest BCUT2D eigenvalue weighted by molar-refractivity contribution is 0.232. The van der Waals surface area contributed by atoms with E-state index in [1.165, 1.54) is 0 Å². The summed E-state index contributed by atoms with van der Waals surface area (Å²) in [6.07, 6.45) is 7.38. The molecule has 25 heavy (non-hydrogen) atoms. The van der Waals surface area contributed by atoms with Gasteiger partial charge in [-0.15, -0.1) is 0 Å². The third-order valence-corrected chi connectivity index (χ3v) is 4.46. The fraction of sp³-hybridized carbons (Fsp3) is 0.529. The first-order valence-electron chi connectivity index (χ1n) is 8.62. The number of rotatable bonds is 4. The van der Waals surface area contributed by atoms with E-state index in [4.69, 9.17) is 0 Å². The van der Waals surface area contributed by atoms with Gasteiger partial charge in [0.25, 0.3) is 0 Å². The topological polar surface area (TPSA) is 88.0 Å². The Hall–Kier alpha value is -2.64. The second kappa shape index (κ2) is 7.50. The van der Waals surface area contributed by atoms with Crippen LogP contribution in [0.15, 0.2) is 24.7 Å². The maximum absolute atomic E-state index is 12.4. The Morgan fingerprint density at radius 2 is 2.12 bits per heavy atom. The summed E-state index contributed by atoms with van der Waals surface area (Å²) in [5, 5.41) is 10.4. The molecule has 1 saturated heterocycles. The van der Waals surface area contributed by atoms with Gasteiger partial charge in [-0.1, -0.05) is 0 Å². The van der Waals surface area contributed by atoms with Gasteiger partial charge in [-0.2, -0.15) is 5.10 Å². The number of hydrogen-bond donors (Lipinski definition) is 2. The highest BCUT2D eigenvalue weighted by atomic mass is 16.2. The van der Waals surface area contributed by atoms with Crippen LogP contribution in [0.1, 0.15) is 37.1 Å². The molecule has 1 aliphatic heterocycles. The summed E-state index contributed by atoms with van der Waals surface area (Å²) in [5.41, 5.74) is 1.96. The van der Waals surface area contributed by atoms with Crippen molar-refractivity contribution in [1.29, 1.82) is 0 Å². The summed E-state index contributed by atoms with van der Waals surface area (Å²) >= 11 is 0. The molecule has 0 unspecified atom stereocenters. The molecule has 2 aromatic rings. The summed E-state index contributed by atoms with van der Waals surface area (Å²) in [4.78, 5) is 23.1. The van der Waals surface area contributed by atoms with E-state index in [0.29, 0.717) is 5.95 Å². The summed E-state index contributed by atoms with van der Waals surface area (Å²) in [6, 6.07) is 1.64. The number of carbonyl (C=O) groups excluding carboxylic acids is 1. The van der Waals surface area contributed by atoms with E-state index in [1.807, 2.05) is 27.1 Å². The fourth-order valence-electron chi connectivity index (χ4n) is 3.28. The number of urea groups is 1. The minimum Gasteiger partial charge on any atom is -0.339 e. The van der Waals surface area contributed by atoms with Gasteiger partial charge in [0.1, 0.15) is 0 Å². The van der Waals surface area contributed by atoms with E-state index in [1.54, 1.807) is 23.1 Å². The minimum atomic E-state index is -0.156. The minimum absolute atomic E-state index is 0.0831. The Morgan fingerprint density at radius 3 is 2.80 bits per heavy atom. The van der Waals surface area contributed by atoms with Crippen molar-refractivity contribution in [2.24, 2.45) is 7.05 Å². The second-order valence-corrected chi connectivity index (χ2v) is 6.52. The largest absolute Gasteiger partial charge is 0.339 e. The highest BCUT2D eigenvalue weighted by Gasteiger charge is 2.23. The zero-order valence-electron chi connectivity index (χ0n) is 14.9. The van der Waals surface area contributed by atoms with Crippen LogP contribution in [-0.4, -0.2) is 44.9 Å². The molecule has 0 radical (unpaired) electrons. The Bertz CT molecular complexity index is 715. The molecule has 3 rings (SSSR count). The van der Waals surface area contributed by atoms with Crippen molar-refractivity contribution in [3.8, 4) is 0 Å². The van der Waals surface area contributed by atoms with Crippen LogP contribution in [0.3, 0.4) is 0 Å². The van der Waals surface area contributed by atoms with E-state index >= 15 is 0 Å². The number of piperidine rings is 1. The van der Waals surface area contributed by atoms with E-state index in [-0.39, 0.29) is 18.1 Å². The van der Waals surface area contributed by atoms with Crippen LogP contribution in [0.4, 0.5) is 10.7 Å². The van der Waals surface area contributed by atoms with Crippen LogP contribution in [0.5, 0.6) is 0 Å². The van der Waals surface area contributed by atoms with Crippen LogP contribution in [-0.2, 0) is 7.05 Å². The standard InChI is InChI=1S/C17H25N7O/c1-12(15-11-23(3)22-13(15)2)20-17(25)21-14-6-4-9-24(10-14)16-18-7-5-8-19-16/h5,7-8,11-12,14H,4,6,9-10H2,1-3H3,(H2,20,21,25)/t12-,14+/m1/s1. The maximum atomic E-state index is 12.4. The number of aromatic nitrogens is 4. The Balaban J connectivity index is 1.54. The van der Waals surface area contributed by atoms with Gasteiger partial charge in [0.05, 0.1) is 11.7 Å². The Morgan fingerprint density at radius 1 is 1.36 bits per heavy atom. The van der Waals surface area contributed by atoms with Crippen LogP contribution in [0.25, 0.3) is 0 Å². The molecule has 2 amide bonds. The van der Waals surface area contributed by atoms with Gasteiger partial charge in [0.15, 0.2) is 0 Å². The molecule has 1 fully saturated rings. The zero-order chi connectivity index (χ0) is 17.8. The van der Waals surface area contributed by atoms with E-state index in [0.717, 1.165) is 37.2 Å². The lowest BCUT2D eigenvalue weighted by Gasteiger charge is -2.33. The van der Waals surface area contributed by atoms with Gasteiger partial charge in [0, 0.05) is 50.3 Å². The Labute approximate surface area is 147 Å². The van der Waals surface area contributed by atoms with Crippen LogP contribution >= 0.6 is 0 Å². The van der Waals surface area contributed by atoms with E-state index in [9.17, 15) is 4.79 Å². The van der Waals surface area contributed by atoms with Gasteiger partial charge in [0.2, 0.25) is 5.95 Å². The highest BCUT2D eigenvalue weighted by Crippen LogP contribution is 2.17. The fourth-order valence-corrected chi connectivity index (χ4v) is 3.28. The zero-order valence-corrected chi connectivity index (χ0v) is 14.9. The van der Waals surface area contributed by atoms with Gasteiger partial charge in [-0.25, -0.2) is 14.8 Å². The quantitative estimate of drug-likeness (QED) is 0.879. The average Bonchev–Trinajstić information content (AvgIpc) is 2.94. The molecule has 2 N–H and O–H groups in total. The average molecular weight is 343 g/mol. The number of anilines is 1. The monoisotopic (exact) mass is 343 g/mol. The van der Waals surface area contributed by atoms with Gasteiger partial charge in [-0.05, 0) is 32.8 Å². The molecule has 0 spiro atoms. The summed E-state index contributed by atoms with van der Waals surface area (Å²) < 4.78 is 1.76. The molecule has 8 nitrogen and oxygen atoms in total. The first-order valence-corrected chi connectivity index (χ1v) is 8.62. The summed E-state index contributed by atoms with van der Waals surface area (Å²) in [5.74, 6) is 0.716. The molecule has 1 aliphatic rings. The van der Waals surface area contributed by atoms with Crippen molar-refractivity contribution in [3.05, 3.63) is 35.9 Å². The first-order chi connectivity index (χ1) is 12.0. The molecule has 2 atom stereocenters. The third-order valence-electron chi connectivity index (χ3n) is 4.46. The van der Waals surface area contributed by atoms with Crippen molar-refractivity contribution in [2.45, 2.75) is 38.8 Å². The summed E-state index contributed by atoms with van der Waals surface area (Å²) in [6.45, 7) is 5.55. The smallest absolute Gasteiger partial charge is 0.315 e. The van der Waals surface area contributed by atoms with Gasteiger partial charge >= 0.3 is 6.03 Å². The van der Waals surface area contributed by atoms with Crippen molar-refractivity contribution in [2.75, 3.05) is 18.0 Å². The molecule has 0 aromatic carbocycles. The number of hydrogen-bond acceptors (Lipinski definition) is 5. The molecule has 0 saturated carbocycles. The lowest BCUT2D eigenvalue weighted by atomic mass is 10.1. The van der Waals surface area contributed by atoms with Crippen molar-refractivity contribution < 1.29 is 4.79 Å². The number of nitrogens with zero attached hydrogens (tertiary/aromatic N) is 5. The van der Waals surface area contributed by atoms with Crippen LogP contribution in [0.2, 0.25) is 0 Å². The molecule has 0 bridgehead atoms. The lowest BCUT2D eigenvalue weighted by Crippen LogP contribution is -2.51. The predicted octanol–water partition coefficient (Wildman–Crippen LogP) is 1.55. The van der Waals surface area contributed by atoms with Crippen molar-refractivity contribution >= 4 is 12.0 Å². The van der Waals surface area contributed by atoms with E-state index < -0.39 is 0 Å². The molecule has 8 heteroatoms. The van der Waals surface area contributed by atoms with Crippen LogP contribution < -0.4 is 15.5 Å². The predicted molar refractivity (Wildman–Crippen MR) is 95.3 cm³/mol. The van der Waals surface area contributed by atoms with Crippen LogP contribution in [0, 0.1) is 6.92 Å². The first kappa shape index (κ1) is 17.2. The number of nitrogens with one attached hydrogen (secondary N) is 2. The molecule has 3 heterocycles.